The Hall–Kier alpha value is -2.36. The van der Waals surface area contributed by atoms with E-state index in [-0.39, 0.29) is 6.04 Å². The maximum Gasteiger partial charge on any atom is 0.296 e. The normalized spacial score (nSPS) is 16.7. The average molecular weight is 349 g/mol. The molecule has 1 atom stereocenters. The quantitative estimate of drug-likeness (QED) is 0.589. The van der Waals surface area contributed by atoms with Crippen LogP contribution in [0.2, 0.25) is 0 Å². The van der Waals surface area contributed by atoms with E-state index in [1.165, 1.54) is 44.1 Å². The molecule has 0 spiro atoms. The van der Waals surface area contributed by atoms with Gasteiger partial charge in [-0.1, -0.05) is 44.2 Å². The number of hydrogen-bond acceptors (Lipinski definition) is 4. The molecule has 136 valence electrons. The molecule has 2 heterocycles. The molecule has 4 heteroatoms. The molecule has 1 N–H and O–H groups in total. The summed E-state index contributed by atoms with van der Waals surface area (Å²) >= 11 is 0. The summed E-state index contributed by atoms with van der Waals surface area (Å²) < 4.78 is 5.92. The van der Waals surface area contributed by atoms with Crippen LogP contribution < -0.4 is 5.32 Å². The highest BCUT2D eigenvalue weighted by Gasteiger charge is 2.20. The third-order valence-corrected chi connectivity index (χ3v) is 5.47. The van der Waals surface area contributed by atoms with E-state index in [1.807, 2.05) is 24.4 Å². The number of benzene rings is 1. The molecular formula is C22H27N3O. The van der Waals surface area contributed by atoms with Crippen molar-refractivity contribution in [1.29, 1.82) is 0 Å². The Morgan fingerprint density at radius 2 is 2.04 bits per heavy atom. The van der Waals surface area contributed by atoms with E-state index in [0.29, 0.717) is 6.01 Å². The van der Waals surface area contributed by atoms with Gasteiger partial charge < -0.3 is 9.73 Å². The molecule has 0 amide bonds. The molecule has 3 aromatic rings. The topological polar surface area (TPSA) is 51.0 Å². The number of hydrogen-bond donors (Lipinski definition) is 1. The minimum absolute atomic E-state index is 0.132. The van der Waals surface area contributed by atoms with Gasteiger partial charge in [0, 0.05) is 6.20 Å². The van der Waals surface area contributed by atoms with Crippen molar-refractivity contribution in [3.8, 4) is 0 Å². The maximum atomic E-state index is 5.92. The second-order valence-electron chi connectivity index (χ2n) is 7.52. The van der Waals surface area contributed by atoms with Crippen LogP contribution in [0, 0.1) is 12.8 Å². The Balaban J connectivity index is 1.51. The predicted molar refractivity (Wildman–Crippen MR) is 105 cm³/mol. The average Bonchev–Trinajstić information content (AvgIpc) is 3.08. The number of aromatic nitrogens is 2. The molecule has 26 heavy (non-hydrogen) atoms. The van der Waals surface area contributed by atoms with Crippen molar-refractivity contribution in [3.05, 3.63) is 53.9 Å². The van der Waals surface area contributed by atoms with E-state index in [9.17, 15) is 0 Å². The minimum Gasteiger partial charge on any atom is -0.424 e. The largest absolute Gasteiger partial charge is 0.424 e. The zero-order valence-electron chi connectivity index (χ0n) is 15.4. The minimum atomic E-state index is 0.132. The zero-order chi connectivity index (χ0) is 17.8. The lowest BCUT2D eigenvalue weighted by atomic mass is 9.85. The number of nitrogens with one attached hydrogen (secondary N) is 1. The van der Waals surface area contributed by atoms with Crippen LogP contribution in [-0.4, -0.2) is 9.97 Å². The van der Waals surface area contributed by atoms with Crippen LogP contribution in [0.1, 0.15) is 62.2 Å². The Kier molecular flexibility index (Phi) is 5.19. The van der Waals surface area contributed by atoms with Crippen LogP contribution in [0.25, 0.3) is 11.1 Å². The second kappa shape index (κ2) is 7.90. The highest BCUT2D eigenvalue weighted by Crippen LogP contribution is 2.32. The molecule has 0 bridgehead atoms. The number of oxazole rings is 1. The van der Waals surface area contributed by atoms with Crippen LogP contribution in [0.4, 0.5) is 6.01 Å². The lowest BCUT2D eigenvalue weighted by molar-refractivity contribution is 0.325. The number of nitrogens with zero attached hydrogens (tertiary/aromatic N) is 2. The monoisotopic (exact) mass is 349 g/mol. The maximum absolute atomic E-state index is 5.92. The van der Waals surface area contributed by atoms with Gasteiger partial charge in [-0.25, -0.2) is 0 Å². The van der Waals surface area contributed by atoms with E-state index in [4.69, 9.17) is 4.42 Å². The van der Waals surface area contributed by atoms with Gasteiger partial charge in [-0.3, -0.25) is 4.98 Å². The van der Waals surface area contributed by atoms with Gasteiger partial charge in [-0.2, -0.15) is 4.98 Å². The summed E-state index contributed by atoms with van der Waals surface area (Å²) in [6.45, 7) is 2.07. The zero-order valence-corrected chi connectivity index (χ0v) is 15.4. The third-order valence-electron chi connectivity index (χ3n) is 5.47. The first-order valence-corrected chi connectivity index (χ1v) is 9.82. The molecule has 2 aromatic heterocycles. The summed E-state index contributed by atoms with van der Waals surface area (Å²) in [5.41, 5.74) is 3.97. The predicted octanol–water partition coefficient (Wildman–Crippen LogP) is 6.04. The summed E-state index contributed by atoms with van der Waals surface area (Å²) in [6.07, 6.45) is 11.1. The molecule has 1 aromatic carbocycles. The first kappa shape index (κ1) is 17.1. The first-order chi connectivity index (χ1) is 12.8. The van der Waals surface area contributed by atoms with Crippen molar-refractivity contribution in [2.75, 3.05) is 5.32 Å². The van der Waals surface area contributed by atoms with Gasteiger partial charge in [0.2, 0.25) is 0 Å². The van der Waals surface area contributed by atoms with Crippen LogP contribution in [-0.2, 0) is 0 Å². The summed E-state index contributed by atoms with van der Waals surface area (Å²) in [6, 6.07) is 12.9. The van der Waals surface area contributed by atoms with E-state index in [2.05, 4.69) is 40.4 Å². The summed E-state index contributed by atoms with van der Waals surface area (Å²) in [4.78, 5) is 9.20. The standard InChI is InChI=1S/C22H27N3O/c1-16-10-13-21-20(15-16)25-22(26-21)24-19(18-9-5-6-14-23-18)12-11-17-7-3-2-4-8-17/h5-6,9-10,13-15,17,19H,2-4,7-8,11-12H2,1H3,(H,24,25). The van der Waals surface area contributed by atoms with E-state index >= 15 is 0 Å². The van der Waals surface area contributed by atoms with Crippen molar-refractivity contribution in [3.63, 3.8) is 0 Å². The highest BCUT2D eigenvalue weighted by molar-refractivity contribution is 5.75. The van der Waals surface area contributed by atoms with E-state index in [1.54, 1.807) is 0 Å². The Labute approximate surface area is 155 Å². The van der Waals surface area contributed by atoms with Gasteiger partial charge >= 0.3 is 0 Å². The number of fused-ring (bicyclic) bond motifs is 1. The Bertz CT molecular complexity index is 837. The lowest BCUT2D eigenvalue weighted by Crippen LogP contribution is -2.15. The van der Waals surface area contributed by atoms with Crippen molar-refractivity contribution in [1.82, 2.24) is 9.97 Å². The number of pyridine rings is 1. The lowest BCUT2D eigenvalue weighted by Gasteiger charge is -2.24. The smallest absolute Gasteiger partial charge is 0.296 e. The van der Waals surface area contributed by atoms with Crippen molar-refractivity contribution in [2.45, 2.75) is 57.9 Å². The Morgan fingerprint density at radius 3 is 2.85 bits per heavy atom. The van der Waals surface area contributed by atoms with Gasteiger partial charge in [0.15, 0.2) is 5.58 Å². The van der Waals surface area contributed by atoms with Crippen LogP contribution in [0.3, 0.4) is 0 Å². The van der Waals surface area contributed by atoms with Crippen molar-refractivity contribution >= 4 is 17.1 Å². The third kappa shape index (κ3) is 4.06. The molecule has 0 aliphatic heterocycles. The van der Waals surface area contributed by atoms with Crippen LogP contribution in [0.15, 0.2) is 47.0 Å². The molecule has 1 saturated carbocycles. The molecule has 1 aliphatic carbocycles. The van der Waals surface area contributed by atoms with Crippen molar-refractivity contribution < 1.29 is 4.42 Å². The molecular weight excluding hydrogens is 322 g/mol. The van der Waals surface area contributed by atoms with Gasteiger partial charge in [-0.15, -0.1) is 0 Å². The SMILES string of the molecule is Cc1ccc2oc(NC(CCC3CCCCC3)c3ccccn3)nc2c1. The fraction of sp³-hybridized carbons (Fsp3) is 0.455. The van der Waals surface area contributed by atoms with Gasteiger partial charge in [-0.05, 0) is 55.5 Å². The van der Waals surface area contributed by atoms with Gasteiger partial charge in [0.25, 0.3) is 6.01 Å². The van der Waals surface area contributed by atoms with Gasteiger partial charge in [0.05, 0.1) is 11.7 Å². The molecule has 4 nitrogen and oxygen atoms in total. The molecule has 1 fully saturated rings. The fourth-order valence-electron chi connectivity index (χ4n) is 4.00. The van der Waals surface area contributed by atoms with Gasteiger partial charge in [0.1, 0.15) is 5.52 Å². The van der Waals surface area contributed by atoms with E-state index in [0.717, 1.165) is 29.1 Å². The number of aryl methyl sites for hydroxylation is 1. The number of rotatable bonds is 6. The summed E-state index contributed by atoms with van der Waals surface area (Å²) in [5, 5.41) is 3.50. The fourth-order valence-corrected chi connectivity index (χ4v) is 4.00. The number of anilines is 1. The van der Waals surface area contributed by atoms with E-state index < -0.39 is 0 Å². The highest BCUT2D eigenvalue weighted by atomic mass is 16.4. The summed E-state index contributed by atoms with van der Waals surface area (Å²) in [5.74, 6) is 0.850. The Morgan fingerprint density at radius 1 is 1.15 bits per heavy atom. The second-order valence-corrected chi connectivity index (χ2v) is 7.52. The van der Waals surface area contributed by atoms with Crippen LogP contribution >= 0.6 is 0 Å². The molecule has 1 aliphatic rings. The first-order valence-electron chi connectivity index (χ1n) is 9.82. The summed E-state index contributed by atoms with van der Waals surface area (Å²) in [7, 11) is 0. The molecule has 1 unspecified atom stereocenters. The van der Waals surface area contributed by atoms with Crippen molar-refractivity contribution in [2.24, 2.45) is 5.92 Å². The molecule has 0 saturated heterocycles. The van der Waals surface area contributed by atoms with Crippen LogP contribution in [0.5, 0.6) is 0 Å². The molecule has 0 radical (unpaired) electrons. The molecule has 4 rings (SSSR count).